The van der Waals surface area contributed by atoms with Crippen LogP contribution in [0.5, 0.6) is 0 Å². The quantitative estimate of drug-likeness (QED) is 0.625. The first-order chi connectivity index (χ1) is 12.2. The third kappa shape index (κ3) is 2.97. The van der Waals surface area contributed by atoms with Crippen molar-refractivity contribution < 1.29 is 4.79 Å². The number of aryl methyl sites for hydroxylation is 1. The monoisotopic (exact) mass is 329 g/mol. The van der Waals surface area contributed by atoms with Crippen LogP contribution in [-0.4, -0.2) is 25.5 Å². The minimum atomic E-state index is -0.367. The summed E-state index contributed by atoms with van der Waals surface area (Å²) in [7, 11) is 0. The molecule has 1 amide bonds. The summed E-state index contributed by atoms with van der Waals surface area (Å²) in [4.78, 5) is 21.1. The van der Waals surface area contributed by atoms with Crippen molar-refractivity contribution in [1.82, 2.24) is 19.6 Å². The van der Waals surface area contributed by atoms with E-state index in [1.165, 1.54) is 0 Å². The van der Waals surface area contributed by atoms with Crippen molar-refractivity contribution in [2.75, 3.05) is 5.32 Å². The Balaban J connectivity index is 1.76. The van der Waals surface area contributed by atoms with E-state index in [2.05, 4.69) is 20.4 Å². The molecule has 2 heterocycles. The fourth-order valence-corrected chi connectivity index (χ4v) is 2.61. The summed E-state index contributed by atoms with van der Waals surface area (Å²) < 4.78 is 1.60. The summed E-state index contributed by atoms with van der Waals surface area (Å²) in [5.41, 5.74) is 3.33. The summed E-state index contributed by atoms with van der Waals surface area (Å²) in [5.74, 6) is 0.115. The van der Waals surface area contributed by atoms with E-state index in [4.69, 9.17) is 0 Å². The van der Waals surface area contributed by atoms with E-state index in [-0.39, 0.29) is 11.7 Å². The normalized spacial score (nSPS) is 10.8. The molecule has 1 N–H and O–H groups in total. The summed E-state index contributed by atoms with van der Waals surface area (Å²) >= 11 is 0. The largest absolute Gasteiger partial charge is 0.319 e. The second kappa shape index (κ2) is 6.16. The lowest BCUT2D eigenvalue weighted by Crippen LogP contribution is -2.13. The van der Waals surface area contributed by atoms with Crippen molar-refractivity contribution in [2.24, 2.45) is 0 Å². The molecule has 0 saturated carbocycles. The Morgan fingerprint density at radius 2 is 1.64 bits per heavy atom. The number of para-hydroxylation sites is 1. The maximum absolute atomic E-state index is 12.4. The number of amides is 1. The molecule has 4 rings (SSSR count). The molecule has 25 heavy (non-hydrogen) atoms. The van der Waals surface area contributed by atoms with E-state index in [0.717, 1.165) is 17.0 Å². The van der Waals surface area contributed by atoms with Crippen LogP contribution in [0.25, 0.3) is 17.0 Å². The Bertz CT molecular complexity index is 1040. The van der Waals surface area contributed by atoms with Gasteiger partial charge in [-0.25, -0.2) is 4.98 Å². The van der Waals surface area contributed by atoms with Gasteiger partial charge in [0.15, 0.2) is 0 Å². The Morgan fingerprint density at radius 3 is 2.36 bits per heavy atom. The lowest BCUT2D eigenvalue weighted by molar-refractivity contribution is 0.101. The summed E-state index contributed by atoms with van der Waals surface area (Å²) in [6.45, 7) is 1.89. The number of carbonyl (C=O) groups is 1. The zero-order valence-electron chi connectivity index (χ0n) is 13.5. The first-order valence-electron chi connectivity index (χ1n) is 7.87. The van der Waals surface area contributed by atoms with Gasteiger partial charge in [-0.05, 0) is 25.1 Å². The number of hydrogen-bond acceptors (Lipinski definition) is 4. The number of hydrogen-bond donors (Lipinski definition) is 1. The van der Waals surface area contributed by atoms with Crippen molar-refractivity contribution in [3.63, 3.8) is 0 Å². The van der Waals surface area contributed by atoms with Crippen LogP contribution in [0, 0.1) is 6.92 Å². The zero-order valence-corrected chi connectivity index (χ0v) is 13.5. The number of nitrogens with one attached hydrogen (secondary N) is 1. The molecule has 0 aliphatic carbocycles. The average Bonchev–Trinajstić information content (AvgIpc) is 3.06. The molecule has 0 unspecified atom stereocenters. The molecule has 6 nitrogen and oxygen atoms in total. The van der Waals surface area contributed by atoms with Gasteiger partial charge in [-0.3, -0.25) is 4.79 Å². The topological polar surface area (TPSA) is 72.2 Å². The SMILES string of the molecule is Cc1cc(-c2ccccc2)n2nc(C(=O)Nc3ccccc3)nc2n1. The third-order valence-corrected chi connectivity index (χ3v) is 3.74. The highest BCUT2D eigenvalue weighted by Gasteiger charge is 2.16. The molecule has 4 aromatic rings. The molecule has 6 heteroatoms. The standard InChI is InChI=1S/C19H15N5O/c1-13-12-16(14-8-4-2-5-9-14)24-19(20-13)22-17(23-24)18(25)21-15-10-6-3-7-11-15/h2-12H,1H3,(H,21,25). The summed E-state index contributed by atoms with van der Waals surface area (Å²) in [5, 5.41) is 7.15. The van der Waals surface area contributed by atoms with Gasteiger partial charge in [0.25, 0.3) is 11.7 Å². The fraction of sp³-hybridized carbons (Fsp3) is 0.0526. The second-order valence-corrected chi connectivity index (χ2v) is 5.62. The Labute approximate surface area is 144 Å². The highest BCUT2D eigenvalue weighted by Crippen LogP contribution is 2.20. The first kappa shape index (κ1) is 15.0. The number of carbonyl (C=O) groups excluding carboxylic acids is 1. The molecule has 0 fully saturated rings. The van der Waals surface area contributed by atoms with E-state index in [1.54, 1.807) is 4.52 Å². The van der Waals surface area contributed by atoms with Crippen molar-refractivity contribution in [1.29, 1.82) is 0 Å². The van der Waals surface area contributed by atoms with Crippen LogP contribution in [0.4, 0.5) is 5.69 Å². The maximum atomic E-state index is 12.4. The minimum Gasteiger partial charge on any atom is -0.319 e. The number of nitrogens with zero attached hydrogens (tertiary/aromatic N) is 4. The Morgan fingerprint density at radius 1 is 0.960 bits per heavy atom. The molecule has 0 spiro atoms. The van der Waals surface area contributed by atoms with Gasteiger partial charge in [0.05, 0.1) is 5.69 Å². The lowest BCUT2D eigenvalue weighted by atomic mass is 10.1. The molecule has 0 atom stereocenters. The third-order valence-electron chi connectivity index (χ3n) is 3.74. The van der Waals surface area contributed by atoms with Gasteiger partial charge in [-0.15, -0.1) is 5.10 Å². The van der Waals surface area contributed by atoms with E-state index in [9.17, 15) is 4.79 Å². The van der Waals surface area contributed by atoms with Crippen molar-refractivity contribution >= 4 is 17.4 Å². The van der Waals surface area contributed by atoms with Crippen LogP contribution in [0.3, 0.4) is 0 Å². The highest BCUT2D eigenvalue weighted by molar-refractivity contribution is 6.01. The number of aromatic nitrogens is 4. The number of rotatable bonds is 3. The molecule has 122 valence electrons. The molecule has 0 saturated heterocycles. The molecule has 0 radical (unpaired) electrons. The van der Waals surface area contributed by atoms with Crippen LogP contribution in [0.1, 0.15) is 16.3 Å². The molecule has 0 aliphatic rings. The van der Waals surface area contributed by atoms with Crippen LogP contribution >= 0.6 is 0 Å². The van der Waals surface area contributed by atoms with Crippen LogP contribution < -0.4 is 5.32 Å². The summed E-state index contributed by atoms with van der Waals surface area (Å²) in [6.07, 6.45) is 0. The smallest absolute Gasteiger partial charge is 0.295 e. The first-order valence-corrected chi connectivity index (χ1v) is 7.87. The van der Waals surface area contributed by atoms with Gasteiger partial charge in [0, 0.05) is 16.9 Å². The van der Waals surface area contributed by atoms with Gasteiger partial charge in [-0.2, -0.15) is 9.50 Å². The van der Waals surface area contributed by atoms with Gasteiger partial charge < -0.3 is 5.32 Å². The fourth-order valence-electron chi connectivity index (χ4n) is 2.61. The molecular formula is C19H15N5O. The maximum Gasteiger partial charge on any atom is 0.295 e. The van der Waals surface area contributed by atoms with Crippen LogP contribution in [0.2, 0.25) is 0 Å². The van der Waals surface area contributed by atoms with Crippen molar-refractivity contribution in [3.05, 3.63) is 78.2 Å². The van der Waals surface area contributed by atoms with Gasteiger partial charge in [-0.1, -0.05) is 48.5 Å². The van der Waals surface area contributed by atoms with E-state index >= 15 is 0 Å². The molecule has 0 aliphatic heterocycles. The molecular weight excluding hydrogens is 314 g/mol. The lowest BCUT2D eigenvalue weighted by Gasteiger charge is -2.04. The summed E-state index contributed by atoms with van der Waals surface area (Å²) in [6, 6.07) is 21.0. The van der Waals surface area contributed by atoms with Crippen LogP contribution in [0.15, 0.2) is 66.7 Å². The van der Waals surface area contributed by atoms with Crippen molar-refractivity contribution in [2.45, 2.75) is 6.92 Å². The van der Waals surface area contributed by atoms with Gasteiger partial charge in [0.1, 0.15) is 0 Å². The predicted octanol–water partition coefficient (Wildman–Crippen LogP) is 3.35. The average molecular weight is 329 g/mol. The zero-order chi connectivity index (χ0) is 17.2. The Hall–Kier alpha value is -3.54. The molecule has 0 bridgehead atoms. The van der Waals surface area contributed by atoms with E-state index in [0.29, 0.717) is 11.5 Å². The van der Waals surface area contributed by atoms with E-state index < -0.39 is 0 Å². The number of benzene rings is 2. The predicted molar refractivity (Wildman–Crippen MR) is 95.4 cm³/mol. The van der Waals surface area contributed by atoms with Crippen molar-refractivity contribution in [3.8, 4) is 11.3 Å². The second-order valence-electron chi connectivity index (χ2n) is 5.62. The van der Waals surface area contributed by atoms with Gasteiger partial charge >= 0.3 is 0 Å². The number of fused-ring (bicyclic) bond motifs is 1. The molecule has 2 aromatic heterocycles. The Kier molecular flexibility index (Phi) is 3.70. The van der Waals surface area contributed by atoms with Crippen LogP contribution in [-0.2, 0) is 0 Å². The van der Waals surface area contributed by atoms with Gasteiger partial charge in [0.2, 0.25) is 5.82 Å². The minimum absolute atomic E-state index is 0.0825. The molecule has 2 aromatic carbocycles. The van der Waals surface area contributed by atoms with E-state index in [1.807, 2.05) is 73.7 Å². The number of anilines is 1. The highest BCUT2D eigenvalue weighted by atomic mass is 16.2.